The lowest BCUT2D eigenvalue weighted by molar-refractivity contribution is -0.138. The van der Waals surface area contributed by atoms with Gasteiger partial charge in [0.15, 0.2) is 4.80 Å². The summed E-state index contributed by atoms with van der Waals surface area (Å²) >= 11 is 1.14. The van der Waals surface area contributed by atoms with Crippen molar-refractivity contribution in [2.24, 2.45) is 4.99 Å². The zero-order chi connectivity index (χ0) is 29.5. The Kier molecular flexibility index (Phi) is 7.12. The predicted molar refractivity (Wildman–Crippen MR) is 162 cm³/mol. The lowest BCUT2D eigenvalue weighted by Gasteiger charge is -2.26. The number of nitrogens with one attached hydrogen (secondary N) is 1. The number of esters is 1. The molecule has 0 saturated heterocycles. The smallest absolute Gasteiger partial charge is 0.338 e. The van der Waals surface area contributed by atoms with Gasteiger partial charge in [0.1, 0.15) is 10.3 Å². The topological polar surface area (TPSA) is 99.0 Å². The fourth-order valence-corrected chi connectivity index (χ4v) is 6.41. The molecule has 0 bridgehead atoms. The van der Waals surface area contributed by atoms with Gasteiger partial charge in [-0.2, -0.15) is 0 Å². The SMILES string of the molecule is CCOC(=O)C1=C(c2ccccc2)N=c2s/c(=C3/C(=O)Nc4ccc(C)cc43)c(=O)n2[C@H]1c1ccc(OC(C)C)cc1. The second kappa shape index (κ2) is 10.9. The number of aromatic nitrogens is 1. The molecule has 4 aromatic rings. The standard InChI is InChI=1S/C33H29N3O5S/c1-5-40-32(39)26-27(20-9-7-6-8-10-20)35-33-36(28(26)21-12-14-22(15-13-21)41-18(2)3)31(38)29(42-33)25-23-17-19(4)11-16-24(23)34-30(25)37/h6-18,28H,5H2,1-4H3,(H,34,37)/b29-25+/t28-/m0/s1. The zero-order valence-electron chi connectivity index (χ0n) is 23.6. The monoisotopic (exact) mass is 579 g/mol. The summed E-state index contributed by atoms with van der Waals surface area (Å²) in [6.07, 6.45) is -0.0150. The second-order valence-electron chi connectivity index (χ2n) is 10.4. The molecule has 2 aliphatic rings. The number of nitrogens with zero attached hydrogens (tertiary/aromatic N) is 2. The zero-order valence-corrected chi connectivity index (χ0v) is 24.5. The van der Waals surface area contributed by atoms with E-state index in [0.717, 1.165) is 16.9 Å². The Morgan fingerprint density at radius 1 is 1.05 bits per heavy atom. The Hall–Kier alpha value is -4.76. The fourth-order valence-electron chi connectivity index (χ4n) is 5.31. The highest BCUT2D eigenvalue weighted by Gasteiger charge is 2.36. The van der Waals surface area contributed by atoms with Gasteiger partial charge in [0.25, 0.3) is 11.5 Å². The molecule has 0 fully saturated rings. The lowest BCUT2D eigenvalue weighted by Crippen LogP contribution is -2.40. The fraction of sp³-hybridized carbons (Fsp3) is 0.212. The summed E-state index contributed by atoms with van der Waals surface area (Å²) in [7, 11) is 0. The molecule has 42 heavy (non-hydrogen) atoms. The number of thiazole rings is 1. The molecular weight excluding hydrogens is 550 g/mol. The Labute approximate surface area is 246 Å². The van der Waals surface area contributed by atoms with Gasteiger partial charge in [0.2, 0.25) is 0 Å². The minimum absolute atomic E-state index is 0.0150. The molecule has 1 amide bonds. The van der Waals surface area contributed by atoms with Crippen LogP contribution in [0.3, 0.4) is 0 Å². The van der Waals surface area contributed by atoms with Gasteiger partial charge >= 0.3 is 5.97 Å². The molecule has 0 unspecified atom stereocenters. The van der Waals surface area contributed by atoms with Crippen molar-refractivity contribution < 1.29 is 19.1 Å². The number of rotatable bonds is 6. The summed E-state index contributed by atoms with van der Waals surface area (Å²) in [6, 6.07) is 21.5. The molecule has 8 nitrogen and oxygen atoms in total. The van der Waals surface area contributed by atoms with E-state index in [2.05, 4.69) is 5.32 Å². The molecular formula is C33H29N3O5S. The van der Waals surface area contributed by atoms with Crippen LogP contribution in [-0.4, -0.2) is 29.2 Å². The number of fused-ring (bicyclic) bond motifs is 2. The number of ether oxygens (including phenoxy) is 2. The highest BCUT2D eigenvalue weighted by molar-refractivity contribution is 7.07. The van der Waals surface area contributed by atoms with Gasteiger partial charge in [0, 0.05) is 16.8 Å². The molecule has 3 aromatic carbocycles. The van der Waals surface area contributed by atoms with E-state index in [4.69, 9.17) is 14.5 Å². The van der Waals surface area contributed by atoms with Crippen LogP contribution in [0.2, 0.25) is 0 Å². The van der Waals surface area contributed by atoms with Gasteiger partial charge < -0.3 is 14.8 Å². The third kappa shape index (κ3) is 4.75. The van der Waals surface area contributed by atoms with Crippen LogP contribution in [0.25, 0.3) is 11.3 Å². The third-order valence-electron chi connectivity index (χ3n) is 7.06. The van der Waals surface area contributed by atoms with Crippen molar-refractivity contribution in [2.45, 2.75) is 39.8 Å². The summed E-state index contributed by atoms with van der Waals surface area (Å²) in [5.74, 6) is -0.242. The van der Waals surface area contributed by atoms with Crippen LogP contribution in [0.15, 0.2) is 88.2 Å². The molecule has 1 atom stereocenters. The molecule has 1 N–H and O–H groups in total. The summed E-state index contributed by atoms with van der Waals surface area (Å²) in [5.41, 5.74) is 4.26. The first-order valence-corrected chi connectivity index (χ1v) is 14.6. The Balaban J connectivity index is 1.67. The summed E-state index contributed by atoms with van der Waals surface area (Å²) in [4.78, 5) is 46.5. The number of aryl methyl sites for hydroxylation is 1. The average molecular weight is 580 g/mol. The molecule has 0 radical (unpaired) electrons. The maximum atomic E-state index is 14.3. The van der Waals surface area contributed by atoms with Gasteiger partial charge in [-0.15, -0.1) is 0 Å². The first-order valence-electron chi connectivity index (χ1n) is 13.8. The van der Waals surface area contributed by atoms with Gasteiger partial charge in [-0.25, -0.2) is 9.79 Å². The molecule has 1 aromatic heterocycles. The summed E-state index contributed by atoms with van der Waals surface area (Å²) in [6.45, 7) is 7.72. The highest BCUT2D eigenvalue weighted by Crippen LogP contribution is 2.36. The van der Waals surface area contributed by atoms with E-state index in [0.29, 0.717) is 44.2 Å². The van der Waals surface area contributed by atoms with E-state index in [1.54, 1.807) is 6.92 Å². The van der Waals surface area contributed by atoms with Crippen LogP contribution in [0, 0.1) is 6.92 Å². The largest absolute Gasteiger partial charge is 0.491 e. The maximum absolute atomic E-state index is 14.3. The van der Waals surface area contributed by atoms with E-state index >= 15 is 0 Å². The Morgan fingerprint density at radius 2 is 1.79 bits per heavy atom. The van der Waals surface area contributed by atoms with E-state index in [1.807, 2.05) is 93.6 Å². The van der Waals surface area contributed by atoms with Crippen LogP contribution < -0.4 is 24.9 Å². The van der Waals surface area contributed by atoms with Crippen molar-refractivity contribution in [1.29, 1.82) is 0 Å². The van der Waals surface area contributed by atoms with Crippen molar-refractivity contribution in [3.05, 3.63) is 120 Å². The molecule has 3 heterocycles. The third-order valence-corrected chi connectivity index (χ3v) is 8.12. The van der Waals surface area contributed by atoms with E-state index in [-0.39, 0.29) is 28.7 Å². The van der Waals surface area contributed by atoms with Gasteiger partial charge in [0.05, 0.1) is 35.6 Å². The molecule has 0 spiro atoms. The molecule has 2 aliphatic heterocycles. The first kappa shape index (κ1) is 27.4. The second-order valence-corrected chi connectivity index (χ2v) is 11.3. The van der Waals surface area contributed by atoms with Crippen molar-refractivity contribution in [3.8, 4) is 5.75 Å². The highest BCUT2D eigenvalue weighted by atomic mass is 32.1. The molecule has 6 rings (SSSR count). The number of hydrogen-bond acceptors (Lipinski definition) is 7. The summed E-state index contributed by atoms with van der Waals surface area (Å²) < 4.78 is 13.1. The number of benzene rings is 3. The van der Waals surface area contributed by atoms with Crippen molar-refractivity contribution in [2.75, 3.05) is 11.9 Å². The van der Waals surface area contributed by atoms with E-state index in [1.165, 1.54) is 4.57 Å². The number of anilines is 1. The molecule has 0 aliphatic carbocycles. The van der Waals surface area contributed by atoms with Crippen molar-refractivity contribution in [1.82, 2.24) is 4.57 Å². The molecule has 212 valence electrons. The normalized spacial score (nSPS) is 17.0. The van der Waals surface area contributed by atoms with E-state index < -0.39 is 17.6 Å². The number of hydrogen-bond donors (Lipinski definition) is 1. The molecule has 0 saturated carbocycles. The predicted octanol–water partition coefficient (Wildman–Crippen LogP) is 4.35. The number of amides is 1. The number of carbonyl (C=O) groups is 2. The number of carbonyl (C=O) groups excluding carboxylic acids is 2. The first-order chi connectivity index (χ1) is 20.3. The van der Waals surface area contributed by atoms with Crippen LogP contribution in [0.4, 0.5) is 5.69 Å². The lowest BCUT2D eigenvalue weighted by atomic mass is 9.93. The van der Waals surface area contributed by atoms with Gasteiger partial charge in [-0.3, -0.25) is 14.2 Å². The summed E-state index contributed by atoms with van der Waals surface area (Å²) in [5, 5.41) is 2.88. The van der Waals surface area contributed by atoms with Crippen molar-refractivity contribution in [3.63, 3.8) is 0 Å². The van der Waals surface area contributed by atoms with Crippen LogP contribution in [0.1, 0.15) is 49.1 Å². The maximum Gasteiger partial charge on any atom is 0.338 e. The molecule has 9 heteroatoms. The Morgan fingerprint density at radius 3 is 2.48 bits per heavy atom. The minimum Gasteiger partial charge on any atom is -0.491 e. The average Bonchev–Trinajstić information content (AvgIpc) is 3.47. The Bertz CT molecular complexity index is 1940. The van der Waals surface area contributed by atoms with E-state index in [9.17, 15) is 14.4 Å². The van der Waals surface area contributed by atoms with Crippen LogP contribution >= 0.6 is 11.3 Å². The quantitative estimate of drug-likeness (QED) is 0.343. The van der Waals surface area contributed by atoms with Crippen molar-refractivity contribution >= 4 is 40.2 Å². The van der Waals surface area contributed by atoms with Crippen LogP contribution in [0.5, 0.6) is 5.75 Å². The van der Waals surface area contributed by atoms with Gasteiger partial charge in [-0.05, 0) is 57.5 Å². The van der Waals surface area contributed by atoms with Crippen LogP contribution in [-0.2, 0) is 14.3 Å². The van der Waals surface area contributed by atoms with Gasteiger partial charge in [-0.1, -0.05) is 65.4 Å². The minimum atomic E-state index is -0.848.